The van der Waals surface area contributed by atoms with Crippen LogP contribution >= 0.6 is 0 Å². The van der Waals surface area contributed by atoms with E-state index >= 15 is 0 Å². The molecule has 0 bridgehead atoms. The van der Waals surface area contributed by atoms with Crippen LogP contribution in [0.4, 0.5) is 5.95 Å². The van der Waals surface area contributed by atoms with Crippen molar-refractivity contribution in [3.8, 4) is 0 Å². The first-order valence-corrected chi connectivity index (χ1v) is 8.00. The molecule has 0 unspecified atom stereocenters. The number of carbonyl (C=O) groups is 2. The van der Waals surface area contributed by atoms with Gasteiger partial charge < -0.3 is 20.4 Å². The van der Waals surface area contributed by atoms with Gasteiger partial charge >= 0.3 is 11.9 Å². The van der Waals surface area contributed by atoms with E-state index in [0.29, 0.717) is 12.2 Å². The maximum Gasteiger partial charge on any atom is 0.328 e. The summed E-state index contributed by atoms with van der Waals surface area (Å²) in [6.45, 7) is 4.14. The van der Waals surface area contributed by atoms with E-state index in [-0.39, 0.29) is 0 Å². The molecule has 24 heavy (non-hydrogen) atoms. The van der Waals surface area contributed by atoms with Gasteiger partial charge in [0.15, 0.2) is 0 Å². The molecule has 1 aromatic heterocycles. The van der Waals surface area contributed by atoms with Crippen molar-refractivity contribution in [2.24, 2.45) is 0 Å². The lowest BCUT2D eigenvalue weighted by Gasteiger charge is -2.28. The van der Waals surface area contributed by atoms with Crippen LogP contribution in [0.5, 0.6) is 0 Å². The molecule has 3 rings (SSSR count). The van der Waals surface area contributed by atoms with Crippen LogP contribution in [0.3, 0.4) is 0 Å². The molecule has 1 aliphatic carbocycles. The number of anilines is 1. The topological polar surface area (TPSA) is 116 Å². The Bertz CT molecular complexity index is 596. The average molecular weight is 334 g/mol. The van der Waals surface area contributed by atoms with Crippen LogP contribution in [-0.4, -0.2) is 58.3 Å². The summed E-state index contributed by atoms with van der Waals surface area (Å²) in [7, 11) is 0. The lowest BCUT2D eigenvalue weighted by molar-refractivity contribution is -0.134. The van der Waals surface area contributed by atoms with E-state index in [1.807, 2.05) is 6.20 Å². The first-order valence-electron chi connectivity index (χ1n) is 8.00. The minimum Gasteiger partial charge on any atom is -0.478 e. The zero-order valence-electron chi connectivity index (χ0n) is 13.4. The first-order chi connectivity index (χ1) is 11.6. The molecule has 2 heterocycles. The summed E-state index contributed by atoms with van der Waals surface area (Å²) in [5.41, 5.74) is 2.65. The van der Waals surface area contributed by atoms with Crippen molar-refractivity contribution in [1.82, 2.24) is 15.3 Å². The summed E-state index contributed by atoms with van der Waals surface area (Å²) in [5, 5.41) is 19.0. The molecule has 8 nitrogen and oxygen atoms in total. The normalized spacial score (nSPS) is 16.9. The molecule has 3 N–H and O–H groups in total. The standard InChI is InChI=1S/C12H18N4.C4H4O4/c1-2-4-11-10(3-1)9-14-12(15-11)16-7-5-13-6-8-16;5-3(6)1-2-4(7)8/h9,13H,1-8H2;1-2H,(H,5,6)(H,7,8). The number of nitrogens with zero attached hydrogens (tertiary/aromatic N) is 3. The van der Waals surface area contributed by atoms with E-state index in [0.717, 1.165) is 45.0 Å². The average Bonchev–Trinajstić information content (AvgIpc) is 2.61. The second-order valence-electron chi connectivity index (χ2n) is 5.60. The van der Waals surface area contributed by atoms with Crippen molar-refractivity contribution in [3.63, 3.8) is 0 Å². The van der Waals surface area contributed by atoms with E-state index in [4.69, 9.17) is 15.2 Å². The lowest BCUT2D eigenvalue weighted by atomic mass is 9.98. The van der Waals surface area contributed by atoms with Gasteiger partial charge in [-0.3, -0.25) is 0 Å². The van der Waals surface area contributed by atoms with Crippen LogP contribution in [-0.2, 0) is 22.4 Å². The Labute approximate surface area is 140 Å². The van der Waals surface area contributed by atoms with Crippen molar-refractivity contribution in [2.75, 3.05) is 31.1 Å². The molecular formula is C16H22N4O4. The summed E-state index contributed by atoms with van der Waals surface area (Å²) in [5.74, 6) is -1.58. The number of rotatable bonds is 3. The molecule has 0 atom stereocenters. The Morgan fingerprint density at radius 1 is 1.08 bits per heavy atom. The van der Waals surface area contributed by atoms with E-state index in [1.165, 1.54) is 24.1 Å². The van der Waals surface area contributed by atoms with Gasteiger partial charge in [-0.1, -0.05) is 0 Å². The van der Waals surface area contributed by atoms with E-state index in [2.05, 4.69) is 15.2 Å². The van der Waals surface area contributed by atoms with Crippen LogP contribution in [0.25, 0.3) is 0 Å². The second kappa shape index (κ2) is 8.97. The minimum absolute atomic E-state index is 0.558. The monoisotopic (exact) mass is 334 g/mol. The molecule has 0 aromatic carbocycles. The molecular weight excluding hydrogens is 312 g/mol. The smallest absolute Gasteiger partial charge is 0.328 e. The molecule has 0 saturated carbocycles. The Balaban J connectivity index is 0.000000224. The summed E-state index contributed by atoms with van der Waals surface area (Å²) in [6, 6.07) is 0. The van der Waals surface area contributed by atoms with Gasteiger partial charge in [0.25, 0.3) is 0 Å². The first kappa shape index (κ1) is 17.9. The van der Waals surface area contributed by atoms with Gasteiger partial charge in [0, 0.05) is 50.2 Å². The highest BCUT2D eigenvalue weighted by Gasteiger charge is 2.16. The summed E-state index contributed by atoms with van der Waals surface area (Å²) in [4.78, 5) is 30.6. The van der Waals surface area contributed by atoms with Crippen molar-refractivity contribution in [2.45, 2.75) is 25.7 Å². The molecule has 130 valence electrons. The van der Waals surface area contributed by atoms with E-state index in [9.17, 15) is 9.59 Å². The Hall–Kier alpha value is -2.48. The maximum atomic E-state index is 9.55. The number of aromatic nitrogens is 2. The van der Waals surface area contributed by atoms with Gasteiger partial charge in [0.2, 0.25) is 5.95 Å². The highest BCUT2D eigenvalue weighted by Crippen LogP contribution is 2.20. The third-order valence-corrected chi connectivity index (χ3v) is 3.82. The number of carboxylic acids is 2. The van der Waals surface area contributed by atoms with Crippen LogP contribution in [0, 0.1) is 0 Å². The second-order valence-corrected chi connectivity index (χ2v) is 5.60. The molecule has 0 spiro atoms. The Kier molecular flexibility index (Phi) is 6.68. The van der Waals surface area contributed by atoms with Crippen LogP contribution in [0.2, 0.25) is 0 Å². The molecule has 1 saturated heterocycles. The van der Waals surface area contributed by atoms with E-state index < -0.39 is 11.9 Å². The van der Waals surface area contributed by atoms with Crippen LogP contribution < -0.4 is 10.2 Å². The number of fused-ring (bicyclic) bond motifs is 1. The maximum absolute atomic E-state index is 9.55. The van der Waals surface area contributed by atoms with Crippen molar-refractivity contribution in [1.29, 1.82) is 0 Å². The van der Waals surface area contributed by atoms with E-state index in [1.54, 1.807) is 0 Å². The molecule has 1 aromatic rings. The Morgan fingerprint density at radius 3 is 2.33 bits per heavy atom. The van der Waals surface area contributed by atoms with Crippen molar-refractivity contribution < 1.29 is 19.8 Å². The van der Waals surface area contributed by atoms with Crippen molar-refractivity contribution >= 4 is 17.9 Å². The summed E-state index contributed by atoms with van der Waals surface area (Å²) >= 11 is 0. The Morgan fingerprint density at radius 2 is 1.71 bits per heavy atom. The fourth-order valence-electron chi connectivity index (χ4n) is 2.62. The van der Waals surface area contributed by atoms with Gasteiger partial charge in [-0.2, -0.15) is 0 Å². The quantitative estimate of drug-likeness (QED) is 0.684. The number of hydrogen-bond acceptors (Lipinski definition) is 6. The number of nitrogens with one attached hydrogen (secondary N) is 1. The van der Waals surface area contributed by atoms with Crippen LogP contribution in [0.1, 0.15) is 24.1 Å². The largest absolute Gasteiger partial charge is 0.478 e. The fraction of sp³-hybridized carbons (Fsp3) is 0.500. The number of hydrogen-bond donors (Lipinski definition) is 3. The molecule has 1 aliphatic heterocycles. The number of piperazine rings is 1. The zero-order chi connectivity index (χ0) is 17.4. The lowest BCUT2D eigenvalue weighted by Crippen LogP contribution is -2.44. The number of aliphatic carboxylic acids is 2. The molecule has 0 amide bonds. The third kappa shape index (κ3) is 5.62. The number of aryl methyl sites for hydroxylation is 2. The molecule has 0 radical (unpaired) electrons. The van der Waals surface area contributed by atoms with Crippen LogP contribution in [0.15, 0.2) is 18.3 Å². The summed E-state index contributed by atoms with van der Waals surface area (Å²) in [6.07, 6.45) is 8.03. The highest BCUT2D eigenvalue weighted by molar-refractivity contribution is 5.89. The van der Waals surface area contributed by atoms with Gasteiger partial charge in [0.05, 0.1) is 0 Å². The molecule has 1 fully saturated rings. The molecule has 8 heteroatoms. The molecule has 2 aliphatic rings. The van der Waals surface area contributed by atoms with Crippen molar-refractivity contribution in [3.05, 3.63) is 29.6 Å². The SMILES string of the molecule is O=C(O)C=CC(=O)O.c1nc(N2CCNCC2)nc2c1CCCC2. The van der Waals surface area contributed by atoms with Gasteiger partial charge in [-0.05, 0) is 31.2 Å². The minimum atomic E-state index is -1.26. The number of carboxylic acid groups (broad SMARTS) is 2. The predicted octanol–water partition coefficient (Wildman–Crippen LogP) is 0.477. The van der Waals surface area contributed by atoms with Gasteiger partial charge in [0.1, 0.15) is 0 Å². The van der Waals surface area contributed by atoms with Gasteiger partial charge in [-0.25, -0.2) is 19.6 Å². The van der Waals surface area contributed by atoms with Gasteiger partial charge in [-0.15, -0.1) is 0 Å². The fourth-order valence-corrected chi connectivity index (χ4v) is 2.62. The predicted molar refractivity (Wildman–Crippen MR) is 88.2 cm³/mol. The third-order valence-electron chi connectivity index (χ3n) is 3.82. The summed E-state index contributed by atoms with van der Waals surface area (Å²) < 4.78 is 0. The highest BCUT2D eigenvalue weighted by atomic mass is 16.4. The zero-order valence-corrected chi connectivity index (χ0v) is 13.4.